The number of carbonyl (C=O) groups is 2. The summed E-state index contributed by atoms with van der Waals surface area (Å²) in [6.45, 7) is -0.321. The first-order chi connectivity index (χ1) is 20.0. The van der Waals surface area contributed by atoms with E-state index in [4.69, 9.17) is 21.1 Å². The molecule has 0 fully saturated rings. The third-order valence-corrected chi connectivity index (χ3v) is 6.96. The molecule has 0 unspecified atom stereocenters. The van der Waals surface area contributed by atoms with E-state index in [9.17, 15) is 14.0 Å². The summed E-state index contributed by atoms with van der Waals surface area (Å²) in [5.41, 5.74) is 2.45. The number of anilines is 1. The number of halogens is 2. The van der Waals surface area contributed by atoms with Crippen molar-refractivity contribution in [3.63, 3.8) is 0 Å². The van der Waals surface area contributed by atoms with Gasteiger partial charge in [0.25, 0.3) is 5.91 Å². The Balaban J connectivity index is 1.39. The van der Waals surface area contributed by atoms with Gasteiger partial charge in [-0.3, -0.25) is 9.59 Å². The number of ether oxygens (including phenoxy) is 2. The van der Waals surface area contributed by atoms with Gasteiger partial charge in [-0.25, -0.2) is 9.07 Å². The minimum Gasteiger partial charge on any atom is -0.454 e. The highest BCUT2D eigenvalue weighted by atomic mass is 35.5. The van der Waals surface area contributed by atoms with Gasteiger partial charge in [0.1, 0.15) is 23.9 Å². The van der Waals surface area contributed by atoms with E-state index in [1.807, 2.05) is 12.1 Å². The van der Waals surface area contributed by atoms with Crippen molar-refractivity contribution in [2.45, 2.75) is 19.1 Å². The van der Waals surface area contributed by atoms with Gasteiger partial charge in [-0.15, -0.1) is 5.10 Å². The van der Waals surface area contributed by atoms with Gasteiger partial charge in [0.05, 0.1) is 5.52 Å². The van der Waals surface area contributed by atoms with Crippen LogP contribution in [0.5, 0.6) is 11.5 Å². The summed E-state index contributed by atoms with van der Waals surface area (Å²) in [6, 6.07) is 23.8. The zero-order chi connectivity index (χ0) is 28.3. The number of nitrogens with one attached hydrogen (secondary N) is 1. The molecular weight excluding hydrogens is 549 g/mol. The molecule has 41 heavy (non-hydrogen) atoms. The molecule has 0 saturated heterocycles. The lowest BCUT2D eigenvalue weighted by Crippen LogP contribution is -2.42. The lowest BCUT2D eigenvalue weighted by atomic mass is 10.0. The highest BCUT2D eigenvalue weighted by molar-refractivity contribution is 6.30. The maximum Gasteiger partial charge on any atom is 0.251 e. The summed E-state index contributed by atoms with van der Waals surface area (Å²) in [7, 11) is 0. The van der Waals surface area contributed by atoms with Crippen LogP contribution in [0.2, 0.25) is 5.02 Å². The smallest absolute Gasteiger partial charge is 0.251 e. The van der Waals surface area contributed by atoms with Crippen molar-refractivity contribution in [2.75, 3.05) is 12.1 Å². The van der Waals surface area contributed by atoms with Crippen molar-refractivity contribution >= 4 is 40.1 Å². The molecule has 1 N–H and O–H groups in total. The largest absolute Gasteiger partial charge is 0.454 e. The summed E-state index contributed by atoms with van der Waals surface area (Å²) >= 11 is 6.15. The van der Waals surface area contributed by atoms with Crippen LogP contribution in [-0.2, 0) is 22.7 Å². The number of nitrogens with zero attached hydrogens (tertiary/aromatic N) is 4. The first kappa shape index (κ1) is 26.3. The zero-order valence-corrected chi connectivity index (χ0v) is 22.3. The van der Waals surface area contributed by atoms with E-state index < -0.39 is 23.7 Å². The van der Waals surface area contributed by atoms with Gasteiger partial charge >= 0.3 is 0 Å². The fourth-order valence-corrected chi connectivity index (χ4v) is 4.82. The van der Waals surface area contributed by atoms with Gasteiger partial charge < -0.3 is 19.7 Å². The monoisotopic (exact) mass is 571 g/mol. The maximum absolute atomic E-state index is 14.9. The van der Waals surface area contributed by atoms with E-state index in [1.54, 1.807) is 72.8 Å². The average Bonchev–Trinajstić information content (AvgIpc) is 3.61. The van der Waals surface area contributed by atoms with Crippen molar-refractivity contribution in [1.82, 2.24) is 19.9 Å². The van der Waals surface area contributed by atoms with Crippen molar-refractivity contribution in [3.05, 3.63) is 113 Å². The fraction of sp³-hybridized carbons (Fsp3) is 0.133. The van der Waals surface area contributed by atoms with Crippen LogP contribution in [0, 0.1) is 5.82 Å². The number of fused-ring (bicyclic) bond motifs is 2. The summed E-state index contributed by atoms with van der Waals surface area (Å²) in [4.78, 5) is 29.4. The maximum atomic E-state index is 14.9. The molecule has 1 aromatic heterocycles. The lowest BCUT2D eigenvalue weighted by Gasteiger charge is -2.32. The number of aromatic nitrogens is 3. The summed E-state index contributed by atoms with van der Waals surface area (Å²) in [5, 5.41) is 11.6. The molecule has 0 saturated carbocycles. The zero-order valence-electron chi connectivity index (χ0n) is 21.5. The number of amides is 2. The van der Waals surface area contributed by atoms with Gasteiger partial charge in [-0.2, -0.15) is 0 Å². The Morgan fingerprint density at radius 2 is 1.73 bits per heavy atom. The highest BCUT2D eigenvalue weighted by Crippen LogP contribution is 2.35. The van der Waals surface area contributed by atoms with Crippen molar-refractivity contribution in [2.24, 2.45) is 0 Å². The molecule has 1 atom stereocenters. The van der Waals surface area contributed by atoms with Crippen LogP contribution >= 0.6 is 11.6 Å². The minimum absolute atomic E-state index is 0.0853. The van der Waals surface area contributed by atoms with E-state index in [-0.39, 0.29) is 25.4 Å². The molecule has 11 heteroatoms. The molecule has 2 amide bonds. The highest BCUT2D eigenvalue weighted by Gasteiger charge is 2.33. The normalized spacial score (nSPS) is 12.7. The lowest BCUT2D eigenvalue weighted by molar-refractivity contribution is -0.140. The molecule has 2 heterocycles. The molecule has 9 nitrogen and oxygen atoms in total. The third-order valence-electron chi connectivity index (χ3n) is 6.71. The van der Waals surface area contributed by atoms with Crippen molar-refractivity contribution in [1.29, 1.82) is 0 Å². The molecule has 0 bridgehead atoms. The molecule has 0 spiro atoms. The Labute approximate surface area is 239 Å². The van der Waals surface area contributed by atoms with Crippen LogP contribution in [0.4, 0.5) is 10.1 Å². The Kier molecular flexibility index (Phi) is 7.22. The molecule has 5 aromatic rings. The number of carbonyl (C=O) groups excluding carboxylic acids is 2. The Hall–Kier alpha value is -4.96. The first-order valence-corrected chi connectivity index (χ1v) is 13.1. The second kappa shape index (κ2) is 11.3. The van der Waals surface area contributed by atoms with E-state index in [0.29, 0.717) is 38.8 Å². The minimum atomic E-state index is -1.15. The molecule has 1 aliphatic heterocycles. The number of para-hydroxylation sites is 1. The molecule has 206 valence electrons. The molecule has 4 aromatic carbocycles. The predicted molar refractivity (Wildman–Crippen MR) is 150 cm³/mol. The third kappa shape index (κ3) is 5.55. The fourth-order valence-electron chi connectivity index (χ4n) is 4.69. The van der Waals surface area contributed by atoms with Crippen LogP contribution in [0.25, 0.3) is 11.0 Å². The average molecular weight is 572 g/mol. The van der Waals surface area contributed by atoms with Crippen LogP contribution in [0.1, 0.15) is 17.2 Å². The van der Waals surface area contributed by atoms with Gasteiger partial charge in [0.2, 0.25) is 12.7 Å². The molecule has 1 aliphatic rings. The number of rotatable bonds is 8. The standard InChI is InChI=1S/C30H23ClFN5O4/c31-21-11-9-19(10-12-21)29(30(39)33-22-13-14-26-27(15-22)41-18-40-26)36(16-20-5-1-2-6-23(20)32)28(38)17-37-25-8-4-3-7-24(25)34-35-37/h1-15,29H,16-18H2,(H,33,39)/t29-/m1/s1. The molecule has 0 radical (unpaired) electrons. The molecule has 0 aliphatic carbocycles. The Morgan fingerprint density at radius 1 is 0.976 bits per heavy atom. The molecule has 6 rings (SSSR count). The second-order valence-electron chi connectivity index (χ2n) is 9.36. The van der Waals surface area contributed by atoms with Gasteiger partial charge in [0.15, 0.2) is 11.5 Å². The van der Waals surface area contributed by atoms with Crippen LogP contribution in [0.15, 0.2) is 91.0 Å². The Bertz CT molecular complexity index is 1740. The summed E-state index contributed by atoms with van der Waals surface area (Å²) in [6.07, 6.45) is 0. The summed E-state index contributed by atoms with van der Waals surface area (Å²) < 4.78 is 27.1. The van der Waals surface area contributed by atoms with Crippen LogP contribution < -0.4 is 14.8 Å². The van der Waals surface area contributed by atoms with Crippen molar-refractivity contribution < 1.29 is 23.5 Å². The number of hydrogen-bond donors (Lipinski definition) is 1. The van der Waals surface area contributed by atoms with Gasteiger partial charge in [-0.05, 0) is 48.0 Å². The first-order valence-electron chi connectivity index (χ1n) is 12.7. The SMILES string of the molecule is O=C(Nc1ccc2c(c1)OCO2)[C@@H](c1ccc(Cl)cc1)N(Cc1ccccc1F)C(=O)Cn1nnc2ccccc21. The predicted octanol–water partition coefficient (Wildman–Crippen LogP) is 5.36. The second-order valence-corrected chi connectivity index (χ2v) is 9.80. The topological polar surface area (TPSA) is 98.6 Å². The van der Waals surface area contributed by atoms with Crippen LogP contribution in [0.3, 0.4) is 0 Å². The quantitative estimate of drug-likeness (QED) is 0.269. The molecular formula is C30H23ClFN5O4. The Morgan fingerprint density at radius 3 is 2.56 bits per heavy atom. The van der Waals surface area contributed by atoms with E-state index in [0.717, 1.165) is 0 Å². The van der Waals surface area contributed by atoms with Crippen molar-refractivity contribution in [3.8, 4) is 11.5 Å². The number of benzene rings is 4. The van der Waals surface area contributed by atoms with Crippen LogP contribution in [-0.4, -0.2) is 38.5 Å². The van der Waals surface area contributed by atoms with Gasteiger partial charge in [0, 0.05) is 28.9 Å². The summed E-state index contributed by atoms with van der Waals surface area (Å²) in [5.74, 6) is -0.427. The van der Waals surface area contributed by atoms with E-state index >= 15 is 0 Å². The van der Waals surface area contributed by atoms with E-state index in [1.165, 1.54) is 15.6 Å². The number of hydrogen-bond acceptors (Lipinski definition) is 6. The van der Waals surface area contributed by atoms with E-state index in [2.05, 4.69) is 15.6 Å². The van der Waals surface area contributed by atoms with Gasteiger partial charge in [-0.1, -0.05) is 59.3 Å².